The Labute approximate surface area is 318 Å². The van der Waals surface area contributed by atoms with Crippen LogP contribution >= 0.6 is 0 Å². The number of benzene rings is 7. The van der Waals surface area contributed by atoms with E-state index in [1.54, 1.807) is 0 Å². The van der Waals surface area contributed by atoms with Crippen LogP contribution in [0.25, 0.3) is 95.2 Å². The van der Waals surface area contributed by atoms with Crippen molar-refractivity contribution in [1.29, 1.82) is 0 Å². The van der Waals surface area contributed by atoms with E-state index < -0.39 is 0 Å². The van der Waals surface area contributed by atoms with E-state index in [2.05, 4.69) is 150 Å². The minimum atomic E-state index is 0.708. The number of para-hydroxylation sites is 3. The molecule has 0 bridgehead atoms. The van der Waals surface area contributed by atoms with Gasteiger partial charge in [-0.05, 0) is 75.5 Å². The summed E-state index contributed by atoms with van der Waals surface area (Å²) < 4.78 is 2.19. The van der Waals surface area contributed by atoms with Gasteiger partial charge in [0.15, 0.2) is 11.6 Å². The van der Waals surface area contributed by atoms with E-state index in [9.17, 15) is 0 Å². The third-order valence-corrected chi connectivity index (χ3v) is 10.1. The summed E-state index contributed by atoms with van der Waals surface area (Å²) in [6, 6.07) is 67.2. The summed E-state index contributed by atoms with van der Waals surface area (Å²) in [4.78, 5) is 19.9. The highest BCUT2D eigenvalue weighted by Crippen LogP contribution is 2.38. The standard InChI is InChI=1S/C50H33N5/c1-4-14-35(15-5-1)45-33-46(53-49(52-45)37-16-6-2-7-17-37)36-26-24-34(25-27-36)40-28-29-41(43-21-11-10-20-42(40)43)38-30-31-51-47(32-38)50-54-44-22-12-13-23-48(44)55(50)39-18-8-3-9-19-39/h1-33H. The summed E-state index contributed by atoms with van der Waals surface area (Å²) in [6.07, 6.45) is 1.89. The minimum absolute atomic E-state index is 0.708. The van der Waals surface area contributed by atoms with Crippen LogP contribution in [0.15, 0.2) is 200 Å². The molecule has 5 nitrogen and oxygen atoms in total. The van der Waals surface area contributed by atoms with Gasteiger partial charge in [-0.3, -0.25) is 9.55 Å². The fourth-order valence-corrected chi connectivity index (χ4v) is 7.45. The molecular formula is C50H33N5. The first kappa shape index (κ1) is 32.2. The summed E-state index contributed by atoms with van der Waals surface area (Å²) in [5.74, 6) is 1.52. The highest BCUT2D eigenvalue weighted by Gasteiger charge is 2.17. The lowest BCUT2D eigenvalue weighted by atomic mass is 9.91. The van der Waals surface area contributed by atoms with Crippen LogP contribution in [0.1, 0.15) is 0 Å². The topological polar surface area (TPSA) is 56.5 Å². The number of aromatic nitrogens is 5. The van der Waals surface area contributed by atoms with Crippen molar-refractivity contribution < 1.29 is 0 Å². The summed E-state index contributed by atoms with van der Waals surface area (Å²) >= 11 is 0. The van der Waals surface area contributed by atoms with Gasteiger partial charge in [-0.25, -0.2) is 15.0 Å². The molecule has 0 unspecified atom stereocenters. The molecule has 0 fully saturated rings. The van der Waals surface area contributed by atoms with Gasteiger partial charge in [0.05, 0.1) is 22.4 Å². The zero-order chi connectivity index (χ0) is 36.6. The molecule has 0 aliphatic heterocycles. The highest BCUT2D eigenvalue weighted by molar-refractivity contribution is 6.05. The molecule has 0 aliphatic carbocycles. The molecule has 258 valence electrons. The van der Waals surface area contributed by atoms with Crippen molar-refractivity contribution in [3.8, 4) is 73.4 Å². The Kier molecular flexibility index (Phi) is 8.08. The lowest BCUT2D eigenvalue weighted by molar-refractivity contribution is 1.08. The van der Waals surface area contributed by atoms with Crippen molar-refractivity contribution in [2.75, 3.05) is 0 Å². The molecule has 0 spiro atoms. The lowest BCUT2D eigenvalue weighted by Crippen LogP contribution is -1.99. The Balaban J connectivity index is 1.03. The predicted molar refractivity (Wildman–Crippen MR) is 225 cm³/mol. The Morgan fingerprint density at radius 3 is 1.60 bits per heavy atom. The number of hydrogen-bond donors (Lipinski definition) is 0. The Hall–Kier alpha value is -7.50. The summed E-state index contributed by atoms with van der Waals surface area (Å²) in [5, 5.41) is 2.36. The zero-order valence-corrected chi connectivity index (χ0v) is 29.8. The van der Waals surface area contributed by atoms with E-state index in [0.29, 0.717) is 5.82 Å². The molecule has 10 aromatic rings. The van der Waals surface area contributed by atoms with Crippen LogP contribution in [0.3, 0.4) is 0 Å². The SMILES string of the molecule is c1ccc(-c2cc(-c3ccc(-c4ccc(-c5ccnc(-c6nc7ccccc7n6-c6ccccc6)c5)c5ccccc45)cc3)nc(-c3ccccc3)n2)cc1. The van der Waals surface area contributed by atoms with Crippen LogP contribution in [0.4, 0.5) is 0 Å². The second-order valence-corrected chi connectivity index (χ2v) is 13.5. The van der Waals surface area contributed by atoms with Crippen molar-refractivity contribution in [3.05, 3.63) is 200 Å². The molecule has 0 saturated carbocycles. The Morgan fingerprint density at radius 2 is 0.909 bits per heavy atom. The van der Waals surface area contributed by atoms with Gasteiger partial charge >= 0.3 is 0 Å². The largest absolute Gasteiger partial charge is 0.291 e. The van der Waals surface area contributed by atoms with Gasteiger partial charge in [-0.15, -0.1) is 0 Å². The van der Waals surface area contributed by atoms with Gasteiger partial charge in [0, 0.05) is 28.6 Å². The molecule has 10 rings (SSSR count). The van der Waals surface area contributed by atoms with E-state index in [4.69, 9.17) is 19.9 Å². The summed E-state index contributed by atoms with van der Waals surface area (Å²) in [7, 11) is 0. The lowest BCUT2D eigenvalue weighted by Gasteiger charge is -2.14. The van der Waals surface area contributed by atoms with E-state index in [0.717, 1.165) is 73.0 Å². The van der Waals surface area contributed by atoms with Crippen LogP contribution in [0, 0.1) is 0 Å². The first-order chi connectivity index (χ1) is 27.3. The summed E-state index contributed by atoms with van der Waals surface area (Å²) in [5.41, 5.74) is 13.2. The van der Waals surface area contributed by atoms with Crippen molar-refractivity contribution >= 4 is 21.8 Å². The molecule has 55 heavy (non-hydrogen) atoms. The van der Waals surface area contributed by atoms with Gasteiger partial charge in [-0.1, -0.05) is 152 Å². The third-order valence-electron chi connectivity index (χ3n) is 10.1. The molecule has 3 aromatic heterocycles. The van der Waals surface area contributed by atoms with Crippen molar-refractivity contribution in [1.82, 2.24) is 24.5 Å². The molecule has 0 amide bonds. The van der Waals surface area contributed by atoms with Crippen LogP contribution in [-0.4, -0.2) is 24.5 Å². The molecule has 0 atom stereocenters. The van der Waals surface area contributed by atoms with Gasteiger partial charge in [0.2, 0.25) is 0 Å². The van der Waals surface area contributed by atoms with Crippen molar-refractivity contribution in [2.45, 2.75) is 0 Å². The van der Waals surface area contributed by atoms with E-state index in [-0.39, 0.29) is 0 Å². The second kappa shape index (κ2) is 13.8. The molecular weight excluding hydrogens is 671 g/mol. The van der Waals surface area contributed by atoms with Gasteiger partial charge < -0.3 is 0 Å². The first-order valence-electron chi connectivity index (χ1n) is 18.4. The number of nitrogens with zero attached hydrogens (tertiary/aromatic N) is 5. The minimum Gasteiger partial charge on any atom is -0.291 e. The first-order valence-corrected chi connectivity index (χ1v) is 18.4. The number of hydrogen-bond acceptors (Lipinski definition) is 4. The number of imidazole rings is 1. The molecule has 3 heterocycles. The smallest absolute Gasteiger partial charge is 0.164 e. The molecule has 0 aliphatic rings. The predicted octanol–water partition coefficient (Wildman–Crippen LogP) is 12.4. The van der Waals surface area contributed by atoms with E-state index in [1.807, 2.05) is 54.7 Å². The molecule has 0 radical (unpaired) electrons. The Bertz CT molecular complexity index is 2900. The molecule has 7 aromatic carbocycles. The fourth-order valence-electron chi connectivity index (χ4n) is 7.45. The monoisotopic (exact) mass is 703 g/mol. The fraction of sp³-hybridized carbons (Fsp3) is 0. The number of fused-ring (bicyclic) bond motifs is 2. The average molecular weight is 704 g/mol. The maximum atomic E-state index is 5.07. The van der Waals surface area contributed by atoms with Crippen molar-refractivity contribution in [3.63, 3.8) is 0 Å². The maximum absolute atomic E-state index is 5.07. The summed E-state index contributed by atoms with van der Waals surface area (Å²) in [6.45, 7) is 0. The molecule has 5 heteroatoms. The van der Waals surface area contributed by atoms with Gasteiger partial charge in [0.1, 0.15) is 5.69 Å². The van der Waals surface area contributed by atoms with Crippen molar-refractivity contribution in [2.24, 2.45) is 0 Å². The van der Waals surface area contributed by atoms with Crippen LogP contribution < -0.4 is 0 Å². The quantitative estimate of drug-likeness (QED) is 0.166. The number of pyridine rings is 1. The molecule has 0 saturated heterocycles. The maximum Gasteiger partial charge on any atom is 0.164 e. The molecule has 0 N–H and O–H groups in total. The van der Waals surface area contributed by atoms with E-state index >= 15 is 0 Å². The Morgan fingerprint density at radius 1 is 0.364 bits per heavy atom. The highest BCUT2D eigenvalue weighted by atomic mass is 15.1. The normalized spacial score (nSPS) is 11.3. The third kappa shape index (κ3) is 6.04. The van der Waals surface area contributed by atoms with Gasteiger partial charge in [0.25, 0.3) is 0 Å². The van der Waals surface area contributed by atoms with Crippen LogP contribution in [0.2, 0.25) is 0 Å². The van der Waals surface area contributed by atoms with Gasteiger partial charge in [-0.2, -0.15) is 0 Å². The second-order valence-electron chi connectivity index (χ2n) is 13.5. The van der Waals surface area contributed by atoms with E-state index in [1.165, 1.54) is 16.3 Å². The zero-order valence-electron chi connectivity index (χ0n) is 29.8. The average Bonchev–Trinajstić information content (AvgIpc) is 3.67. The van der Waals surface area contributed by atoms with Crippen LogP contribution in [-0.2, 0) is 0 Å². The number of rotatable bonds is 7. The van der Waals surface area contributed by atoms with Crippen LogP contribution in [0.5, 0.6) is 0 Å².